The van der Waals surface area contributed by atoms with Crippen molar-refractivity contribution in [1.29, 1.82) is 0 Å². The summed E-state index contributed by atoms with van der Waals surface area (Å²) in [5, 5.41) is 14.7. The molecule has 98 valence electrons. The first-order chi connectivity index (χ1) is 8.43. The second-order valence-corrected chi connectivity index (χ2v) is 5.00. The molecule has 0 aromatic heterocycles. The summed E-state index contributed by atoms with van der Waals surface area (Å²) in [5.41, 5.74) is 4.69. The van der Waals surface area contributed by atoms with Crippen LogP contribution in [0.2, 0.25) is 10.0 Å². The Hall–Kier alpha value is -0.950. The molecule has 3 N–H and O–H groups in total. The molecule has 2 amide bonds. The van der Waals surface area contributed by atoms with Crippen LogP contribution < -0.4 is 10.7 Å². The van der Waals surface area contributed by atoms with E-state index in [0.717, 1.165) is 16.8 Å². The zero-order valence-electron chi connectivity index (χ0n) is 9.38. The van der Waals surface area contributed by atoms with Gasteiger partial charge in [0.25, 0.3) is 0 Å². The molecule has 0 spiro atoms. The number of hydrogen-bond acceptors (Lipinski definition) is 4. The van der Waals surface area contributed by atoms with Crippen molar-refractivity contribution >= 4 is 52.9 Å². The fourth-order valence-corrected chi connectivity index (χ4v) is 1.79. The standard InChI is InChI=1S/C10H11Cl2N3O2S/c1-18-9(16)5-14-15(10(13)17)8-3-6(11)2-7(12)4-8/h2-5,9,16H,1H3,(H2,13,17). The van der Waals surface area contributed by atoms with Gasteiger partial charge in [0.15, 0.2) is 0 Å². The summed E-state index contributed by atoms with van der Waals surface area (Å²) >= 11 is 12.8. The topological polar surface area (TPSA) is 78.9 Å². The molecular weight excluding hydrogens is 297 g/mol. The van der Waals surface area contributed by atoms with Crippen molar-refractivity contribution < 1.29 is 9.90 Å². The van der Waals surface area contributed by atoms with E-state index in [-0.39, 0.29) is 0 Å². The highest BCUT2D eigenvalue weighted by atomic mass is 35.5. The summed E-state index contributed by atoms with van der Waals surface area (Å²) in [6.07, 6.45) is 2.88. The zero-order valence-corrected chi connectivity index (χ0v) is 11.7. The van der Waals surface area contributed by atoms with E-state index in [9.17, 15) is 9.90 Å². The van der Waals surface area contributed by atoms with Gasteiger partial charge in [-0.05, 0) is 24.5 Å². The minimum atomic E-state index is -0.832. The maximum absolute atomic E-state index is 11.3. The van der Waals surface area contributed by atoms with Gasteiger partial charge in [0.1, 0.15) is 5.44 Å². The number of benzene rings is 1. The van der Waals surface area contributed by atoms with Crippen LogP contribution in [0.4, 0.5) is 10.5 Å². The number of nitrogens with zero attached hydrogens (tertiary/aromatic N) is 2. The van der Waals surface area contributed by atoms with Gasteiger partial charge in [-0.2, -0.15) is 10.1 Å². The number of nitrogens with two attached hydrogens (primary N) is 1. The van der Waals surface area contributed by atoms with E-state index < -0.39 is 11.5 Å². The number of carbonyl (C=O) groups is 1. The number of urea groups is 1. The largest absolute Gasteiger partial charge is 0.377 e. The van der Waals surface area contributed by atoms with Crippen molar-refractivity contribution in [3.63, 3.8) is 0 Å². The Bertz CT molecular complexity index is 450. The fraction of sp³-hybridized carbons (Fsp3) is 0.200. The van der Waals surface area contributed by atoms with Gasteiger partial charge in [0, 0.05) is 10.0 Å². The maximum atomic E-state index is 11.3. The van der Waals surface area contributed by atoms with Crippen LogP contribution in [-0.4, -0.2) is 29.0 Å². The molecule has 0 saturated carbocycles. The van der Waals surface area contributed by atoms with Gasteiger partial charge >= 0.3 is 6.03 Å². The van der Waals surface area contributed by atoms with Crippen LogP contribution in [0.1, 0.15) is 0 Å². The lowest BCUT2D eigenvalue weighted by molar-refractivity contribution is 0.254. The van der Waals surface area contributed by atoms with Crippen molar-refractivity contribution in [2.24, 2.45) is 10.8 Å². The molecule has 1 rings (SSSR count). The lowest BCUT2D eigenvalue weighted by atomic mass is 10.3. The predicted octanol–water partition coefficient (Wildman–Crippen LogP) is 2.55. The van der Waals surface area contributed by atoms with Gasteiger partial charge in [0.2, 0.25) is 0 Å². The van der Waals surface area contributed by atoms with E-state index in [4.69, 9.17) is 28.9 Å². The van der Waals surface area contributed by atoms with Crippen LogP contribution in [0.5, 0.6) is 0 Å². The molecule has 1 atom stereocenters. The molecule has 5 nitrogen and oxygen atoms in total. The van der Waals surface area contributed by atoms with E-state index >= 15 is 0 Å². The molecule has 0 aliphatic heterocycles. The number of hydrazone groups is 1. The number of hydrogen-bond donors (Lipinski definition) is 2. The average molecular weight is 308 g/mol. The molecular formula is C10H11Cl2N3O2S. The predicted molar refractivity (Wildman–Crippen MR) is 76.5 cm³/mol. The van der Waals surface area contributed by atoms with Gasteiger partial charge in [0.05, 0.1) is 11.9 Å². The van der Waals surface area contributed by atoms with Crippen LogP contribution in [0.3, 0.4) is 0 Å². The molecule has 1 aromatic carbocycles. The molecule has 1 aromatic rings. The third kappa shape index (κ3) is 4.38. The highest BCUT2D eigenvalue weighted by molar-refractivity contribution is 7.99. The second kappa shape index (κ2) is 6.84. The first-order valence-corrected chi connectivity index (χ1v) is 6.79. The van der Waals surface area contributed by atoms with E-state index in [1.165, 1.54) is 24.4 Å². The molecule has 18 heavy (non-hydrogen) atoms. The van der Waals surface area contributed by atoms with Crippen LogP contribution in [0.25, 0.3) is 0 Å². The van der Waals surface area contributed by atoms with Gasteiger partial charge < -0.3 is 10.8 Å². The van der Waals surface area contributed by atoms with E-state index in [0.29, 0.717) is 15.7 Å². The van der Waals surface area contributed by atoms with Crippen molar-refractivity contribution in [2.45, 2.75) is 5.44 Å². The molecule has 8 heteroatoms. The summed E-state index contributed by atoms with van der Waals surface area (Å²) < 4.78 is 0. The Morgan fingerprint density at radius 1 is 1.50 bits per heavy atom. The first kappa shape index (κ1) is 15.1. The summed E-state index contributed by atoms with van der Waals surface area (Å²) in [6.45, 7) is 0. The average Bonchev–Trinajstić information content (AvgIpc) is 2.27. The van der Waals surface area contributed by atoms with Crippen molar-refractivity contribution in [3.05, 3.63) is 28.2 Å². The fourth-order valence-electron chi connectivity index (χ4n) is 1.10. The number of thioether (sulfide) groups is 1. The van der Waals surface area contributed by atoms with E-state index in [2.05, 4.69) is 5.10 Å². The summed E-state index contributed by atoms with van der Waals surface area (Å²) in [6, 6.07) is 3.69. The Balaban J connectivity index is 3.05. The molecule has 1 unspecified atom stereocenters. The minimum absolute atomic E-state index is 0.324. The number of rotatable bonds is 4. The molecule has 0 aliphatic rings. The van der Waals surface area contributed by atoms with Crippen molar-refractivity contribution in [1.82, 2.24) is 0 Å². The molecule has 0 fully saturated rings. The highest BCUT2D eigenvalue weighted by Crippen LogP contribution is 2.25. The highest BCUT2D eigenvalue weighted by Gasteiger charge is 2.13. The van der Waals surface area contributed by atoms with Gasteiger partial charge in [-0.25, -0.2) is 4.79 Å². The van der Waals surface area contributed by atoms with Crippen LogP contribution in [0.15, 0.2) is 23.3 Å². The third-order valence-electron chi connectivity index (χ3n) is 1.85. The Kier molecular flexibility index (Phi) is 5.74. The van der Waals surface area contributed by atoms with Crippen molar-refractivity contribution in [3.8, 4) is 0 Å². The van der Waals surface area contributed by atoms with Gasteiger partial charge in [-0.1, -0.05) is 23.2 Å². The van der Waals surface area contributed by atoms with Crippen LogP contribution in [-0.2, 0) is 0 Å². The monoisotopic (exact) mass is 307 g/mol. The van der Waals surface area contributed by atoms with Gasteiger partial charge in [-0.3, -0.25) is 0 Å². The lowest BCUT2D eigenvalue weighted by Gasteiger charge is -2.15. The normalized spacial score (nSPS) is 12.7. The lowest BCUT2D eigenvalue weighted by Crippen LogP contribution is -2.31. The molecule has 0 heterocycles. The van der Waals surface area contributed by atoms with E-state index in [1.807, 2.05) is 0 Å². The Morgan fingerprint density at radius 2 is 2.06 bits per heavy atom. The molecule has 0 bridgehead atoms. The minimum Gasteiger partial charge on any atom is -0.377 e. The summed E-state index contributed by atoms with van der Waals surface area (Å²) in [7, 11) is 0. The van der Waals surface area contributed by atoms with E-state index in [1.54, 1.807) is 6.26 Å². The Labute approximate surface area is 119 Å². The third-order valence-corrected chi connectivity index (χ3v) is 2.89. The zero-order chi connectivity index (χ0) is 13.7. The number of anilines is 1. The number of aliphatic hydroxyl groups is 1. The maximum Gasteiger partial charge on any atom is 0.339 e. The van der Waals surface area contributed by atoms with Crippen molar-refractivity contribution in [2.75, 3.05) is 11.3 Å². The summed E-state index contributed by atoms with van der Waals surface area (Å²) in [5.74, 6) is 0. The smallest absolute Gasteiger partial charge is 0.339 e. The number of halogens is 2. The SMILES string of the molecule is CSC(O)C=NN(C(N)=O)c1cc(Cl)cc(Cl)c1. The number of carbonyl (C=O) groups excluding carboxylic acids is 1. The second-order valence-electron chi connectivity index (χ2n) is 3.17. The summed E-state index contributed by atoms with van der Waals surface area (Å²) in [4.78, 5) is 11.3. The van der Waals surface area contributed by atoms with Crippen LogP contribution in [0, 0.1) is 0 Å². The van der Waals surface area contributed by atoms with Gasteiger partial charge in [-0.15, -0.1) is 11.8 Å². The number of primary amides is 1. The Morgan fingerprint density at radius 3 is 2.50 bits per heavy atom. The van der Waals surface area contributed by atoms with Crippen LogP contribution >= 0.6 is 35.0 Å². The molecule has 0 radical (unpaired) electrons. The first-order valence-electron chi connectivity index (χ1n) is 4.74. The number of amides is 2. The quantitative estimate of drug-likeness (QED) is 0.510. The molecule has 0 saturated heterocycles. The molecule has 0 aliphatic carbocycles. The number of aliphatic hydroxyl groups excluding tert-OH is 1.